The molecule has 2 aromatic heterocycles. The third-order valence-electron chi connectivity index (χ3n) is 9.60. The number of hydrogen-bond acceptors (Lipinski definition) is 7. The number of aromatic carboxylic acids is 1. The Labute approximate surface area is 263 Å². The van der Waals surface area contributed by atoms with Gasteiger partial charge in [-0.25, -0.2) is 9.78 Å². The van der Waals surface area contributed by atoms with Crippen molar-refractivity contribution in [3.05, 3.63) is 63.4 Å². The van der Waals surface area contributed by atoms with E-state index in [0.29, 0.717) is 53.4 Å². The molecule has 4 aromatic rings. The number of halogens is 2. The van der Waals surface area contributed by atoms with Crippen LogP contribution in [-0.4, -0.2) is 57.7 Å². The predicted molar refractivity (Wildman–Crippen MR) is 168 cm³/mol. The number of thiazole rings is 1. The highest BCUT2D eigenvalue weighted by atomic mass is 35.5. The zero-order valence-electron chi connectivity index (χ0n) is 23.5. The van der Waals surface area contributed by atoms with E-state index in [1.54, 1.807) is 17.4 Å². The second kappa shape index (κ2) is 11.0. The summed E-state index contributed by atoms with van der Waals surface area (Å²) in [6.45, 7) is 2.76. The van der Waals surface area contributed by atoms with E-state index in [1.165, 1.54) is 0 Å². The van der Waals surface area contributed by atoms with Crippen molar-refractivity contribution in [1.29, 1.82) is 0 Å². The molecule has 0 spiro atoms. The first-order chi connectivity index (χ1) is 20.9. The summed E-state index contributed by atoms with van der Waals surface area (Å²) in [4.78, 5) is 19.5. The highest BCUT2D eigenvalue weighted by Crippen LogP contribution is 2.47. The number of nitrogens with zero attached hydrogens (tertiary/aromatic N) is 4. The Morgan fingerprint density at radius 1 is 1.09 bits per heavy atom. The molecule has 0 unspecified atom stereocenters. The quantitative estimate of drug-likeness (QED) is 0.213. The molecule has 0 amide bonds. The van der Waals surface area contributed by atoms with Crippen LogP contribution in [0.2, 0.25) is 10.0 Å². The standard InChI is InChI=1S/C32H32Cl2N4O4S/c33-24-2-1-3-25(34)29(24)23-14-35-38(20-4-5-20)26(23)16-42-27-13-21-10-19(27)15-37(21)32-36-30-22(17-6-8-41-9-7-17)11-18(31(39)40)12-28(30)43-32/h1-3,11-12,14,17,19-21,27H,4-10,13,15-16H2,(H,39,40)/t19-,21-,27+/m0/s1. The number of carbonyl (C=O) groups is 1. The first-order valence-electron chi connectivity index (χ1n) is 15.1. The smallest absolute Gasteiger partial charge is 0.335 e. The van der Waals surface area contributed by atoms with E-state index in [0.717, 1.165) is 82.8 Å². The van der Waals surface area contributed by atoms with Crippen LogP contribution in [-0.2, 0) is 16.1 Å². The van der Waals surface area contributed by atoms with Crippen LogP contribution in [0.3, 0.4) is 0 Å². The molecule has 2 saturated heterocycles. The van der Waals surface area contributed by atoms with E-state index < -0.39 is 5.97 Å². The molecule has 8 rings (SSSR count). The van der Waals surface area contributed by atoms with Crippen molar-refractivity contribution in [2.24, 2.45) is 5.92 Å². The van der Waals surface area contributed by atoms with Gasteiger partial charge in [0.15, 0.2) is 5.13 Å². The van der Waals surface area contributed by atoms with Crippen LogP contribution < -0.4 is 4.90 Å². The summed E-state index contributed by atoms with van der Waals surface area (Å²) in [5.74, 6) is -0.215. The van der Waals surface area contributed by atoms with E-state index in [9.17, 15) is 9.90 Å². The Kier molecular flexibility index (Phi) is 7.14. The Balaban J connectivity index is 1.01. The summed E-state index contributed by atoms with van der Waals surface area (Å²) in [5, 5.41) is 16.7. The van der Waals surface area contributed by atoms with Crippen LogP contribution in [0.1, 0.15) is 72.1 Å². The van der Waals surface area contributed by atoms with Gasteiger partial charge in [0.25, 0.3) is 0 Å². The third-order valence-corrected chi connectivity index (χ3v) is 11.3. The molecule has 11 heteroatoms. The van der Waals surface area contributed by atoms with E-state index in [1.807, 2.05) is 30.5 Å². The van der Waals surface area contributed by atoms with Gasteiger partial charge in [-0.1, -0.05) is 40.6 Å². The number of rotatable bonds is 8. The summed E-state index contributed by atoms with van der Waals surface area (Å²) in [7, 11) is 0. The fraction of sp³-hybridized carbons (Fsp3) is 0.469. The van der Waals surface area contributed by atoms with Gasteiger partial charge in [-0.05, 0) is 74.3 Å². The lowest BCUT2D eigenvalue weighted by atomic mass is 9.90. The molecule has 224 valence electrons. The Morgan fingerprint density at radius 2 is 1.88 bits per heavy atom. The van der Waals surface area contributed by atoms with Gasteiger partial charge in [0, 0.05) is 42.8 Å². The molecule has 2 aliphatic carbocycles. The van der Waals surface area contributed by atoms with Crippen LogP contribution in [0, 0.1) is 5.92 Å². The van der Waals surface area contributed by atoms with Gasteiger partial charge in [0.1, 0.15) is 0 Å². The summed E-state index contributed by atoms with van der Waals surface area (Å²) in [5.41, 5.74) is 5.14. The Bertz CT molecular complexity index is 1690. The molecule has 2 aliphatic heterocycles. The lowest BCUT2D eigenvalue weighted by molar-refractivity contribution is 0.00958. The molecule has 4 aliphatic rings. The molecular formula is C32H32Cl2N4O4S. The maximum absolute atomic E-state index is 11.9. The minimum atomic E-state index is -0.895. The average molecular weight is 640 g/mol. The molecule has 8 nitrogen and oxygen atoms in total. The highest BCUT2D eigenvalue weighted by molar-refractivity contribution is 7.22. The van der Waals surface area contributed by atoms with Crippen molar-refractivity contribution in [2.45, 2.75) is 69.2 Å². The lowest BCUT2D eigenvalue weighted by Gasteiger charge is -2.31. The van der Waals surface area contributed by atoms with Crippen LogP contribution in [0.25, 0.3) is 21.3 Å². The van der Waals surface area contributed by atoms with Crippen LogP contribution in [0.4, 0.5) is 5.13 Å². The molecule has 2 aromatic carbocycles. The average Bonchev–Trinajstić information content (AvgIpc) is 3.32. The van der Waals surface area contributed by atoms with Crippen LogP contribution in [0.5, 0.6) is 0 Å². The van der Waals surface area contributed by atoms with E-state index in [2.05, 4.69) is 9.58 Å². The summed E-state index contributed by atoms with van der Waals surface area (Å²) >= 11 is 14.8. The summed E-state index contributed by atoms with van der Waals surface area (Å²) in [6, 6.07) is 9.97. The molecule has 4 heterocycles. The number of ether oxygens (including phenoxy) is 2. The van der Waals surface area contributed by atoms with E-state index in [4.69, 9.17) is 42.8 Å². The van der Waals surface area contributed by atoms with Crippen LogP contribution >= 0.6 is 34.5 Å². The largest absolute Gasteiger partial charge is 0.478 e. The fourth-order valence-electron chi connectivity index (χ4n) is 7.27. The Morgan fingerprint density at radius 3 is 2.58 bits per heavy atom. The minimum Gasteiger partial charge on any atom is -0.478 e. The Hall–Kier alpha value is -2.69. The maximum Gasteiger partial charge on any atom is 0.335 e. The molecule has 2 saturated carbocycles. The minimum absolute atomic E-state index is 0.157. The van der Waals surface area contributed by atoms with Crippen molar-refractivity contribution in [3.63, 3.8) is 0 Å². The first kappa shape index (κ1) is 27.8. The van der Waals surface area contributed by atoms with Crippen LogP contribution in [0.15, 0.2) is 36.5 Å². The first-order valence-corrected chi connectivity index (χ1v) is 16.7. The maximum atomic E-state index is 11.9. The zero-order chi connectivity index (χ0) is 29.2. The molecule has 4 fully saturated rings. The van der Waals surface area contributed by atoms with Crippen molar-refractivity contribution >= 4 is 55.9 Å². The van der Waals surface area contributed by atoms with Gasteiger partial charge in [-0.3, -0.25) is 4.68 Å². The van der Waals surface area contributed by atoms with Gasteiger partial charge in [-0.2, -0.15) is 5.10 Å². The predicted octanol–water partition coefficient (Wildman–Crippen LogP) is 7.58. The zero-order valence-corrected chi connectivity index (χ0v) is 25.9. The van der Waals surface area contributed by atoms with Crippen molar-refractivity contribution < 1.29 is 19.4 Å². The molecule has 3 atom stereocenters. The van der Waals surface area contributed by atoms with Gasteiger partial charge in [-0.15, -0.1) is 0 Å². The normalized spacial score (nSPS) is 24.0. The summed E-state index contributed by atoms with van der Waals surface area (Å²) < 4.78 is 15.3. The van der Waals surface area contributed by atoms with Crippen molar-refractivity contribution in [3.8, 4) is 11.1 Å². The number of aromatic nitrogens is 3. The van der Waals surface area contributed by atoms with Gasteiger partial charge in [0.05, 0.1) is 56.5 Å². The second-order valence-electron chi connectivity index (χ2n) is 12.3. The lowest BCUT2D eigenvalue weighted by Crippen LogP contribution is -2.38. The molecule has 0 radical (unpaired) electrons. The van der Waals surface area contributed by atoms with Gasteiger partial charge in [0.2, 0.25) is 0 Å². The molecule has 43 heavy (non-hydrogen) atoms. The topological polar surface area (TPSA) is 89.7 Å². The number of anilines is 1. The van der Waals surface area contributed by atoms with Gasteiger partial charge < -0.3 is 19.5 Å². The fourth-order valence-corrected chi connectivity index (χ4v) is 8.99. The number of fused-ring (bicyclic) bond motifs is 3. The second-order valence-corrected chi connectivity index (χ2v) is 14.1. The van der Waals surface area contributed by atoms with E-state index >= 15 is 0 Å². The molecular weight excluding hydrogens is 607 g/mol. The monoisotopic (exact) mass is 638 g/mol. The SMILES string of the molecule is O=C(O)c1cc(C2CCOCC2)c2nc(N3C[C@@H]4C[C@H]3C[C@H]4OCc3c(-c4c(Cl)cccc4Cl)cnn3C3CC3)sc2c1. The van der Waals surface area contributed by atoms with Gasteiger partial charge >= 0.3 is 5.97 Å². The third kappa shape index (κ3) is 5.03. The van der Waals surface area contributed by atoms with Crippen molar-refractivity contribution in [2.75, 3.05) is 24.7 Å². The van der Waals surface area contributed by atoms with Crippen molar-refractivity contribution in [1.82, 2.24) is 14.8 Å². The number of carboxylic acids is 1. The number of hydrogen-bond donors (Lipinski definition) is 1. The number of benzene rings is 2. The van der Waals surface area contributed by atoms with E-state index in [-0.39, 0.29) is 12.0 Å². The molecule has 2 bridgehead atoms. The highest BCUT2D eigenvalue weighted by Gasteiger charge is 2.46. The number of carboxylic acid groups (broad SMARTS) is 1. The summed E-state index contributed by atoms with van der Waals surface area (Å²) in [6.07, 6.45) is 8.07. The molecule has 1 N–H and O–H groups in total. The number of piperidine rings is 1.